The summed E-state index contributed by atoms with van der Waals surface area (Å²) in [6, 6.07) is 14.9. The summed E-state index contributed by atoms with van der Waals surface area (Å²) in [5.74, 6) is 0.756. The Balaban J connectivity index is 2.15. The average molecular weight is 284 g/mol. The van der Waals surface area contributed by atoms with Crippen LogP contribution in [0.4, 0.5) is 5.69 Å². The molecule has 0 atom stereocenters. The smallest absolute Gasteiger partial charge is 0.256 e. The molecule has 4 nitrogen and oxygen atoms in total. The molecule has 2 N–H and O–H groups in total. The van der Waals surface area contributed by atoms with Crippen LogP contribution in [0.25, 0.3) is 0 Å². The van der Waals surface area contributed by atoms with Gasteiger partial charge in [-0.1, -0.05) is 24.3 Å². The molecule has 1 amide bonds. The number of nitrogen functional groups attached to an aromatic ring is 1. The molecule has 0 aliphatic rings. The third-order valence-electron chi connectivity index (χ3n) is 3.39. The number of nitrogens with zero attached hydrogens (tertiary/aromatic N) is 1. The Hall–Kier alpha value is -2.49. The van der Waals surface area contributed by atoms with Crippen LogP contribution in [0, 0.1) is 0 Å². The summed E-state index contributed by atoms with van der Waals surface area (Å²) >= 11 is 0. The fourth-order valence-electron chi connectivity index (χ4n) is 2.14. The van der Waals surface area contributed by atoms with E-state index < -0.39 is 0 Å². The maximum absolute atomic E-state index is 12.5. The van der Waals surface area contributed by atoms with Crippen molar-refractivity contribution in [3.05, 3.63) is 59.7 Å². The lowest BCUT2D eigenvalue weighted by molar-refractivity contribution is 0.0753. The predicted molar refractivity (Wildman–Crippen MR) is 84.3 cm³/mol. The van der Waals surface area contributed by atoms with Gasteiger partial charge in [-0.3, -0.25) is 4.79 Å². The van der Waals surface area contributed by atoms with Crippen molar-refractivity contribution in [1.82, 2.24) is 4.90 Å². The van der Waals surface area contributed by atoms with Crippen molar-refractivity contribution in [3.8, 4) is 5.75 Å². The third kappa shape index (κ3) is 3.54. The van der Waals surface area contributed by atoms with Crippen molar-refractivity contribution >= 4 is 11.6 Å². The van der Waals surface area contributed by atoms with Crippen molar-refractivity contribution < 1.29 is 9.53 Å². The van der Waals surface area contributed by atoms with Crippen LogP contribution in [0.2, 0.25) is 0 Å². The van der Waals surface area contributed by atoms with E-state index in [0.717, 1.165) is 11.3 Å². The SMILES string of the molecule is CCN(Cc1ccc(OC)cc1)C(=O)c1ccccc1N. The minimum absolute atomic E-state index is 0.0496. The molecule has 0 unspecified atom stereocenters. The van der Waals surface area contributed by atoms with Gasteiger partial charge in [0.2, 0.25) is 0 Å². The minimum Gasteiger partial charge on any atom is -0.497 e. The number of methoxy groups -OCH3 is 1. The lowest BCUT2D eigenvalue weighted by Gasteiger charge is -2.22. The normalized spacial score (nSPS) is 10.2. The van der Waals surface area contributed by atoms with Gasteiger partial charge in [-0.2, -0.15) is 0 Å². The van der Waals surface area contributed by atoms with Crippen LogP contribution < -0.4 is 10.5 Å². The standard InChI is InChI=1S/C17H20N2O2/c1-3-19(12-13-8-10-14(21-2)11-9-13)17(20)15-6-4-5-7-16(15)18/h4-11H,3,12,18H2,1-2H3. The molecule has 0 aromatic heterocycles. The number of carbonyl (C=O) groups excluding carboxylic acids is 1. The van der Waals surface area contributed by atoms with Crippen molar-refractivity contribution in [2.45, 2.75) is 13.5 Å². The fourth-order valence-corrected chi connectivity index (χ4v) is 2.14. The molecule has 0 radical (unpaired) electrons. The molecule has 2 aromatic rings. The molecule has 21 heavy (non-hydrogen) atoms. The van der Waals surface area contributed by atoms with E-state index in [4.69, 9.17) is 10.5 Å². The first kappa shape index (κ1) is 14.9. The highest BCUT2D eigenvalue weighted by Gasteiger charge is 2.16. The monoisotopic (exact) mass is 284 g/mol. The van der Waals surface area contributed by atoms with E-state index in [-0.39, 0.29) is 5.91 Å². The van der Waals surface area contributed by atoms with Crippen LogP contribution in [-0.4, -0.2) is 24.5 Å². The molecule has 0 heterocycles. The summed E-state index contributed by atoms with van der Waals surface area (Å²) in [5, 5.41) is 0. The number of nitrogens with two attached hydrogens (primary N) is 1. The summed E-state index contributed by atoms with van der Waals surface area (Å²) in [5.41, 5.74) is 8.00. The Bertz CT molecular complexity index is 608. The first-order valence-electron chi connectivity index (χ1n) is 6.92. The number of benzene rings is 2. The van der Waals surface area contributed by atoms with Gasteiger partial charge in [0.25, 0.3) is 5.91 Å². The van der Waals surface area contributed by atoms with Crippen molar-refractivity contribution in [1.29, 1.82) is 0 Å². The zero-order valence-electron chi connectivity index (χ0n) is 12.4. The Morgan fingerprint density at radius 1 is 1.14 bits per heavy atom. The fraction of sp³-hybridized carbons (Fsp3) is 0.235. The number of carbonyl (C=O) groups is 1. The van der Waals surface area contributed by atoms with E-state index in [0.29, 0.717) is 24.3 Å². The Kier molecular flexibility index (Phi) is 4.82. The van der Waals surface area contributed by atoms with Gasteiger partial charge in [-0.05, 0) is 36.8 Å². The van der Waals surface area contributed by atoms with Crippen molar-refractivity contribution in [2.24, 2.45) is 0 Å². The van der Waals surface area contributed by atoms with E-state index in [1.165, 1.54) is 0 Å². The van der Waals surface area contributed by atoms with E-state index in [1.807, 2.05) is 43.3 Å². The van der Waals surface area contributed by atoms with E-state index in [9.17, 15) is 4.79 Å². The van der Waals surface area contributed by atoms with Gasteiger partial charge < -0.3 is 15.4 Å². The third-order valence-corrected chi connectivity index (χ3v) is 3.39. The van der Waals surface area contributed by atoms with E-state index in [1.54, 1.807) is 24.1 Å². The maximum atomic E-state index is 12.5. The van der Waals surface area contributed by atoms with Crippen LogP contribution in [0.3, 0.4) is 0 Å². The molecule has 0 aliphatic carbocycles. The van der Waals surface area contributed by atoms with Crippen molar-refractivity contribution in [2.75, 3.05) is 19.4 Å². The quantitative estimate of drug-likeness (QED) is 0.859. The highest BCUT2D eigenvalue weighted by Crippen LogP contribution is 2.17. The highest BCUT2D eigenvalue weighted by molar-refractivity contribution is 5.99. The zero-order valence-corrected chi connectivity index (χ0v) is 12.4. The van der Waals surface area contributed by atoms with Crippen LogP contribution in [0.5, 0.6) is 5.75 Å². The summed E-state index contributed by atoms with van der Waals surface area (Å²) in [6.07, 6.45) is 0. The lowest BCUT2D eigenvalue weighted by atomic mass is 10.1. The van der Waals surface area contributed by atoms with Crippen LogP contribution in [0.1, 0.15) is 22.8 Å². The first-order valence-corrected chi connectivity index (χ1v) is 6.92. The molecule has 0 saturated heterocycles. The van der Waals surface area contributed by atoms with Crippen LogP contribution in [0.15, 0.2) is 48.5 Å². The second-order valence-electron chi connectivity index (χ2n) is 4.75. The summed E-state index contributed by atoms with van der Waals surface area (Å²) < 4.78 is 5.14. The second kappa shape index (κ2) is 6.79. The molecule has 0 aliphatic heterocycles. The van der Waals surface area contributed by atoms with Crippen LogP contribution >= 0.6 is 0 Å². The lowest BCUT2D eigenvalue weighted by Crippen LogP contribution is -2.30. The topological polar surface area (TPSA) is 55.6 Å². The molecule has 0 spiro atoms. The van der Waals surface area contributed by atoms with E-state index in [2.05, 4.69) is 0 Å². The molecule has 2 aromatic carbocycles. The van der Waals surface area contributed by atoms with Gasteiger partial charge in [0.1, 0.15) is 5.75 Å². The number of para-hydroxylation sites is 1. The maximum Gasteiger partial charge on any atom is 0.256 e. The predicted octanol–water partition coefficient (Wildman–Crippen LogP) is 2.94. The summed E-state index contributed by atoms with van der Waals surface area (Å²) in [7, 11) is 1.63. The highest BCUT2D eigenvalue weighted by atomic mass is 16.5. The molecule has 110 valence electrons. The Labute approximate surface area is 125 Å². The summed E-state index contributed by atoms with van der Waals surface area (Å²) in [6.45, 7) is 3.13. The second-order valence-corrected chi connectivity index (χ2v) is 4.75. The molecule has 0 bridgehead atoms. The van der Waals surface area contributed by atoms with Crippen LogP contribution in [-0.2, 0) is 6.54 Å². The average Bonchev–Trinajstić information content (AvgIpc) is 2.53. The molecule has 0 saturated carbocycles. The van der Waals surface area contributed by atoms with Gasteiger partial charge in [0.05, 0.1) is 12.7 Å². The molecular weight excluding hydrogens is 264 g/mol. The number of ether oxygens (including phenoxy) is 1. The number of amides is 1. The molecule has 2 rings (SSSR count). The number of hydrogen-bond acceptors (Lipinski definition) is 3. The number of rotatable bonds is 5. The zero-order chi connectivity index (χ0) is 15.2. The molecular formula is C17H20N2O2. The number of hydrogen-bond donors (Lipinski definition) is 1. The van der Waals surface area contributed by atoms with Gasteiger partial charge >= 0.3 is 0 Å². The van der Waals surface area contributed by atoms with Gasteiger partial charge in [-0.15, -0.1) is 0 Å². The van der Waals surface area contributed by atoms with Gasteiger partial charge in [-0.25, -0.2) is 0 Å². The first-order chi connectivity index (χ1) is 10.2. The minimum atomic E-state index is -0.0496. The Morgan fingerprint density at radius 3 is 2.38 bits per heavy atom. The molecule has 0 fully saturated rings. The summed E-state index contributed by atoms with van der Waals surface area (Å²) in [4.78, 5) is 14.3. The van der Waals surface area contributed by atoms with Gasteiger partial charge in [0, 0.05) is 18.8 Å². The van der Waals surface area contributed by atoms with Gasteiger partial charge in [0.15, 0.2) is 0 Å². The van der Waals surface area contributed by atoms with Crippen molar-refractivity contribution in [3.63, 3.8) is 0 Å². The number of anilines is 1. The Morgan fingerprint density at radius 2 is 1.81 bits per heavy atom. The molecule has 4 heteroatoms. The van der Waals surface area contributed by atoms with E-state index >= 15 is 0 Å². The largest absolute Gasteiger partial charge is 0.497 e.